The highest BCUT2D eigenvalue weighted by atomic mass is 32.2. The maximum atomic E-state index is 13.3. The zero-order valence-corrected chi connectivity index (χ0v) is 19.2. The monoisotopic (exact) mass is 447 g/mol. The summed E-state index contributed by atoms with van der Waals surface area (Å²) >= 11 is 1.34. The lowest BCUT2D eigenvalue weighted by Gasteiger charge is -2.17. The number of para-hydroxylation sites is 1. The smallest absolute Gasteiger partial charge is 0.262 e. The maximum absolute atomic E-state index is 13.3. The molecule has 0 radical (unpaired) electrons. The Kier molecular flexibility index (Phi) is 7.43. The van der Waals surface area contributed by atoms with E-state index >= 15 is 0 Å². The molecule has 0 saturated heterocycles. The van der Waals surface area contributed by atoms with Crippen molar-refractivity contribution < 1.29 is 4.79 Å². The summed E-state index contributed by atoms with van der Waals surface area (Å²) in [5, 5.41) is 3.85. The fourth-order valence-corrected chi connectivity index (χ4v) is 4.91. The van der Waals surface area contributed by atoms with Crippen molar-refractivity contribution in [1.82, 2.24) is 14.9 Å². The average molecular weight is 448 g/mol. The van der Waals surface area contributed by atoms with Gasteiger partial charge >= 0.3 is 0 Å². The first-order chi connectivity index (χ1) is 15.6. The molecule has 1 atom stereocenters. The van der Waals surface area contributed by atoms with Gasteiger partial charge in [0.15, 0.2) is 5.16 Å². The van der Waals surface area contributed by atoms with E-state index in [9.17, 15) is 9.59 Å². The molecule has 0 fully saturated rings. The number of benzene rings is 2. The molecule has 1 aliphatic carbocycles. The first-order valence-corrected chi connectivity index (χ1v) is 12.2. The lowest BCUT2D eigenvalue weighted by atomic mass is 9.97. The van der Waals surface area contributed by atoms with Gasteiger partial charge in [0.25, 0.3) is 5.56 Å². The van der Waals surface area contributed by atoms with E-state index in [1.165, 1.54) is 30.2 Å². The minimum atomic E-state index is -0.356. The number of thioether (sulfide) groups is 1. The molecular formula is C26H29N3O2S. The van der Waals surface area contributed by atoms with Crippen molar-refractivity contribution in [3.05, 3.63) is 82.2 Å². The van der Waals surface area contributed by atoms with Crippen LogP contribution < -0.4 is 10.9 Å². The van der Waals surface area contributed by atoms with E-state index in [-0.39, 0.29) is 16.7 Å². The molecule has 5 nitrogen and oxygen atoms in total. The number of carbonyl (C=O) groups is 1. The summed E-state index contributed by atoms with van der Waals surface area (Å²) in [5.74, 6) is -0.0277. The van der Waals surface area contributed by atoms with Gasteiger partial charge in [-0.1, -0.05) is 65.9 Å². The summed E-state index contributed by atoms with van der Waals surface area (Å²) in [6.07, 6.45) is 8.05. The highest BCUT2D eigenvalue weighted by molar-refractivity contribution is 8.00. The molecule has 1 N–H and O–H groups in total. The number of allylic oxidation sites excluding steroid dienone is 1. The van der Waals surface area contributed by atoms with E-state index in [0.29, 0.717) is 29.1 Å². The van der Waals surface area contributed by atoms with Crippen LogP contribution in [0, 0.1) is 0 Å². The number of amides is 1. The number of carbonyl (C=O) groups excluding carboxylic acids is 1. The summed E-state index contributed by atoms with van der Waals surface area (Å²) in [4.78, 5) is 30.7. The Morgan fingerprint density at radius 2 is 1.91 bits per heavy atom. The number of nitrogens with zero attached hydrogens (tertiary/aromatic N) is 2. The summed E-state index contributed by atoms with van der Waals surface area (Å²) in [6, 6.07) is 17.2. The van der Waals surface area contributed by atoms with Gasteiger partial charge in [0, 0.05) is 6.54 Å². The van der Waals surface area contributed by atoms with Crippen LogP contribution in [-0.2, 0) is 11.3 Å². The van der Waals surface area contributed by atoms with Gasteiger partial charge in [-0.3, -0.25) is 14.2 Å². The Bertz CT molecular complexity index is 1170. The van der Waals surface area contributed by atoms with Crippen LogP contribution in [0.15, 0.2) is 76.2 Å². The molecule has 6 heteroatoms. The molecule has 1 heterocycles. The second-order valence-corrected chi connectivity index (χ2v) is 9.51. The summed E-state index contributed by atoms with van der Waals surface area (Å²) < 4.78 is 1.68. The zero-order valence-electron chi connectivity index (χ0n) is 18.4. The molecule has 2 aromatic carbocycles. The molecule has 3 aromatic rings. The van der Waals surface area contributed by atoms with Crippen LogP contribution in [0.1, 0.15) is 44.6 Å². The fourth-order valence-electron chi connectivity index (χ4n) is 3.98. The van der Waals surface area contributed by atoms with Gasteiger partial charge < -0.3 is 5.32 Å². The number of rotatable bonds is 8. The average Bonchev–Trinajstić information content (AvgIpc) is 2.83. The number of aromatic nitrogens is 2. The van der Waals surface area contributed by atoms with Crippen LogP contribution in [0.25, 0.3) is 10.9 Å². The van der Waals surface area contributed by atoms with Crippen LogP contribution >= 0.6 is 11.8 Å². The predicted octanol–water partition coefficient (Wildman–Crippen LogP) is 4.93. The summed E-state index contributed by atoms with van der Waals surface area (Å²) in [5.41, 5.74) is 3.04. The van der Waals surface area contributed by atoms with Gasteiger partial charge in [-0.25, -0.2) is 4.98 Å². The standard InChI is InChI=1S/C26H29N3O2S/c1-19(24(30)27-17-16-20-10-4-2-5-11-20)32-26-28-23-15-9-8-14-22(23)25(31)29(26)18-21-12-6-3-7-13-21/h3,6-10,12-15,19H,2,4-5,11,16-18H2,1H3,(H,27,30)/t19-/m0/s1. The molecule has 0 bridgehead atoms. The van der Waals surface area contributed by atoms with Crippen LogP contribution in [-0.4, -0.2) is 27.3 Å². The fraction of sp³-hybridized carbons (Fsp3) is 0.346. The SMILES string of the molecule is C[C@H](Sc1nc2ccccc2c(=O)n1Cc1ccccc1)C(=O)NCCC1=CCCCC1. The van der Waals surface area contributed by atoms with Crippen LogP contribution in [0.2, 0.25) is 0 Å². The van der Waals surface area contributed by atoms with Crippen LogP contribution in [0.3, 0.4) is 0 Å². The van der Waals surface area contributed by atoms with Gasteiger partial charge in [0.1, 0.15) is 0 Å². The van der Waals surface area contributed by atoms with Crippen molar-refractivity contribution in [3.8, 4) is 0 Å². The van der Waals surface area contributed by atoms with Crippen molar-refractivity contribution in [2.45, 2.75) is 56.0 Å². The maximum Gasteiger partial charge on any atom is 0.262 e. The van der Waals surface area contributed by atoms with E-state index in [2.05, 4.69) is 11.4 Å². The predicted molar refractivity (Wildman–Crippen MR) is 131 cm³/mol. The minimum absolute atomic E-state index is 0.0277. The van der Waals surface area contributed by atoms with Crippen molar-refractivity contribution in [2.75, 3.05) is 6.54 Å². The van der Waals surface area contributed by atoms with Gasteiger partial charge in [-0.05, 0) is 56.7 Å². The Morgan fingerprint density at radius 3 is 2.69 bits per heavy atom. The lowest BCUT2D eigenvalue weighted by molar-refractivity contribution is -0.120. The Morgan fingerprint density at radius 1 is 1.12 bits per heavy atom. The van der Waals surface area contributed by atoms with E-state index in [1.54, 1.807) is 10.6 Å². The molecule has 0 unspecified atom stereocenters. The Hall–Kier alpha value is -2.86. The first kappa shape index (κ1) is 22.3. The molecule has 1 aromatic heterocycles. The van der Waals surface area contributed by atoms with Gasteiger partial charge in [-0.15, -0.1) is 0 Å². The van der Waals surface area contributed by atoms with Gasteiger partial charge in [0.05, 0.1) is 22.7 Å². The van der Waals surface area contributed by atoms with E-state index in [4.69, 9.17) is 4.98 Å². The molecule has 0 spiro atoms. The molecule has 4 rings (SSSR count). The largest absolute Gasteiger partial charge is 0.355 e. The van der Waals surface area contributed by atoms with Crippen LogP contribution in [0.4, 0.5) is 0 Å². The molecule has 32 heavy (non-hydrogen) atoms. The molecule has 1 aliphatic rings. The normalized spacial score (nSPS) is 14.7. The van der Waals surface area contributed by atoms with Crippen LogP contribution in [0.5, 0.6) is 0 Å². The topological polar surface area (TPSA) is 64.0 Å². The van der Waals surface area contributed by atoms with E-state index in [1.807, 2.05) is 55.5 Å². The third kappa shape index (κ3) is 5.49. The van der Waals surface area contributed by atoms with Crippen molar-refractivity contribution in [3.63, 3.8) is 0 Å². The third-order valence-corrected chi connectivity index (χ3v) is 6.88. The quantitative estimate of drug-likeness (QED) is 0.302. The molecule has 0 saturated carbocycles. The minimum Gasteiger partial charge on any atom is -0.355 e. The second kappa shape index (κ2) is 10.6. The number of nitrogens with one attached hydrogen (secondary N) is 1. The number of hydrogen-bond donors (Lipinski definition) is 1. The van der Waals surface area contributed by atoms with Gasteiger partial charge in [0.2, 0.25) is 5.91 Å². The summed E-state index contributed by atoms with van der Waals surface area (Å²) in [7, 11) is 0. The van der Waals surface area contributed by atoms with E-state index in [0.717, 1.165) is 24.8 Å². The molecule has 1 amide bonds. The Labute approximate surface area is 192 Å². The van der Waals surface area contributed by atoms with Crippen molar-refractivity contribution in [2.24, 2.45) is 0 Å². The highest BCUT2D eigenvalue weighted by Gasteiger charge is 2.19. The molecule has 166 valence electrons. The van der Waals surface area contributed by atoms with E-state index < -0.39 is 0 Å². The number of hydrogen-bond acceptors (Lipinski definition) is 4. The van der Waals surface area contributed by atoms with Crippen molar-refractivity contribution >= 4 is 28.6 Å². The number of fused-ring (bicyclic) bond motifs is 1. The highest BCUT2D eigenvalue weighted by Crippen LogP contribution is 2.24. The van der Waals surface area contributed by atoms with Crippen molar-refractivity contribution in [1.29, 1.82) is 0 Å². The zero-order chi connectivity index (χ0) is 22.3. The first-order valence-electron chi connectivity index (χ1n) is 11.3. The molecular weight excluding hydrogens is 418 g/mol. The van der Waals surface area contributed by atoms with Gasteiger partial charge in [-0.2, -0.15) is 0 Å². The third-order valence-electron chi connectivity index (χ3n) is 5.79. The lowest BCUT2D eigenvalue weighted by Crippen LogP contribution is -2.33. The Balaban J connectivity index is 1.51. The molecule has 0 aliphatic heterocycles. The second-order valence-electron chi connectivity index (χ2n) is 8.20. The summed E-state index contributed by atoms with van der Waals surface area (Å²) in [6.45, 7) is 2.94.